The number of carbonyl (C=O) groups is 2. The van der Waals surface area contributed by atoms with Crippen LogP contribution >= 0.6 is 0 Å². The van der Waals surface area contributed by atoms with E-state index in [9.17, 15) is 14.7 Å². The maximum absolute atomic E-state index is 11.8. The van der Waals surface area contributed by atoms with Crippen molar-refractivity contribution in [3.8, 4) is 17.1 Å². The third-order valence-electron chi connectivity index (χ3n) is 5.55. The van der Waals surface area contributed by atoms with Crippen molar-refractivity contribution in [1.29, 1.82) is 0 Å². The van der Waals surface area contributed by atoms with E-state index in [0.29, 0.717) is 11.6 Å². The van der Waals surface area contributed by atoms with Crippen molar-refractivity contribution in [3.63, 3.8) is 0 Å². The maximum Gasteiger partial charge on any atom is 0.333 e. The number of carboxylic acids is 2. The third-order valence-corrected chi connectivity index (χ3v) is 5.55. The Morgan fingerprint density at radius 2 is 1.76 bits per heavy atom. The average Bonchev–Trinajstić information content (AvgIpc) is 2.74. The van der Waals surface area contributed by atoms with Gasteiger partial charge in [0.2, 0.25) is 5.88 Å². The van der Waals surface area contributed by atoms with E-state index in [2.05, 4.69) is 10.2 Å². The Morgan fingerprint density at radius 3 is 2.34 bits per heavy atom. The first-order valence-electron chi connectivity index (χ1n) is 9.50. The minimum atomic E-state index is -1.28. The number of rotatable bonds is 6. The second kappa shape index (κ2) is 8.00. The van der Waals surface area contributed by atoms with Crippen molar-refractivity contribution < 1.29 is 24.5 Å². The normalized spacial score (nSPS) is 26.1. The van der Waals surface area contributed by atoms with Gasteiger partial charge in [-0.1, -0.05) is 30.3 Å². The molecule has 3 saturated heterocycles. The van der Waals surface area contributed by atoms with Gasteiger partial charge in [0.15, 0.2) is 0 Å². The van der Waals surface area contributed by atoms with Crippen LogP contribution in [0.5, 0.6) is 5.88 Å². The Kier molecular flexibility index (Phi) is 5.26. The largest absolute Gasteiger partial charge is 0.478 e. The van der Waals surface area contributed by atoms with E-state index in [1.165, 1.54) is 0 Å². The fourth-order valence-electron chi connectivity index (χ4n) is 4.22. The highest BCUT2D eigenvalue weighted by Gasteiger charge is 2.47. The Bertz CT molecular complexity index is 921. The van der Waals surface area contributed by atoms with Crippen LogP contribution in [0.1, 0.15) is 12.8 Å². The van der Waals surface area contributed by atoms with Gasteiger partial charge in [-0.3, -0.25) is 4.90 Å². The van der Waals surface area contributed by atoms with Crippen molar-refractivity contribution in [2.45, 2.75) is 25.0 Å². The standard InChI is InChI=1S/C21H21N3O5/c25-18(26)12-15(21(27)28)19-20(14-8-10-24(19)11-9-14)29-17-7-6-16(22-23-17)13-4-2-1-3-5-13/h1-7,12,14,19-20H,8-11H2,(H,25,26)(H,27,28)/b15-12+. The number of piperidine rings is 3. The summed E-state index contributed by atoms with van der Waals surface area (Å²) in [6.45, 7) is 1.44. The molecule has 0 radical (unpaired) electrons. The summed E-state index contributed by atoms with van der Waals surface area (Å²) in [5.41, 5.74) is 1.48. The lowest BCUT2D eigenvalue weighted by atomic mass is 9.77. The number of hydrogen-bond donors (Lipinski definition) is 2. The van der Waals surface area contributed by atoms with Crippen molar-refractivity contribution in [1.82, 2.24) is 15.1 Å². The van der Waals surface area contributed by atoms with Crippen LogP contribution in [0.15, 0.2) is 54.1 Å². The first kappa shape index (κ1) is 19.1. The summed E-state index contributed by atoms with van der Waals surface area (Å²) in [5.74, 6) is -2.09. The second-order valence-electron chi connectivity index (χ2n) is 7.27. The molecule has 1 aromatic heterocycles. The van der Waals surface area contributed by atoms with Crippen molar-refractivity contribution >= 4 is 11.9 Å². The van der Waals surface area contributed by atoms with Crippen LogP contribution in [0.2, 0.25) is 0 Å². The van der Waals surface area contributed by atoms with Crippen LogP contribution in [-0.2, 0) is 9.59 Å². The summed E-state index contributed by atoms with van der Waals surface area (Å²) >= 11 is 0. The van der Waals surface area contributed by atoms with Crippen LogP contribution in [-0.4, -0.2) is 62.5 Å². The lowest BCUT2D eigenvalue weighted by Crippen LogP contribution is -2.61. The fourth-order valence-corrected chi connectivity index (χ4v) is 4.22. The van der Waals surface area contributed by atoms with Gasteiger partial charge in [-0.05, 0) is 32.0 Å². The van der Waals surface area contributed by atoms with Gasteiger partial charge < -0.3 is 14.9 Å². The van der Waals surface area contributed by atoms with E-state index in [4.69, 9.17) is 9.84 Å². The predicted molar refractivity (Wildman–Crippen MR) is 103 cm³/mol. The van der Waals surface area contributed by atoms with E-state index < -0.39 is 24.1 Å². The van der Waals surface area contributed by atoms with E-state index in [1.54, 1.807) is 12.1 Å². The highest BCUT2D eigenvalue weighted by atomic mass is 16.5. The van der Waals surface area contributed by atoms with E-state index in [-0.39, 0.29) is 11.5 Å². The van der Waals surface area contributed by atoms with Gasteiger partial charge in [0.1, 0.15) is 6.10 Å². The highest BCUT2D eigenvalue weighted by molar-refractivity contribution is 5.95. The summed E-state index contributed by atoms with van der Waals surface area (Å²) in [6, 6.07) is 12.5. The van der Waals surface area contributed by atoms with Crippen molar-refractivity contribution in [3.05, 3.63) is 54.1 Å². The Hall–Kier alpha value is -3.26. The molecule has 3 aliphatic heterocycles. The SMILES string of the molecule is O=C(O)/C=C(/C(=O)O)C1C(Oc2ccc(-c3ccccc3)nn2)C2CCN1CC2. The lowest BCUT2D eigenvalue weighted by molar-refractivity contribution is -0.137. The Labute approximate surface area is 167 Å². The molecule has 5 rings (SSSR count). The van der Waals surface area contributed by atoms with Crippen LogP contribution in [0, 0.1) is 5.92 Å². The van der Waals surface area contributed by atoms with E-state index in [1.807, 2.05) is 35.2 Å². The molecular weight excluding hydrogens is 374 g/mol. The fraction of sp³-hybridized carbons (Fsp3) is 0.333. The molecule has 8 heteroatoms. The number of nitrogens with zero attached hydrogens (tertiary/aromatic N) is 3. The van der Waals surface area contributed by atoms with Crippen LogP contribution < -0.4 is 4.74 Å². The van der Waals surface area contributed by atoms with Crippen LogP contribution in [0.3, 0.4) is 0 Å². The molecule has 2 atom stereocenters. The average molecular weight is 395 g/mol. The molecule has 2 bridgehead atoms. The number of hydrogen-bond acceptors (Lipinski definition) is 6. The molecule has 2 aromatic rings. The molecule has 0 amide bonds. The monoisotopic (exact) mass is 395 g/mol. The number of benzene rings is 1. The van der Waals surface area contributed by atoms with E-state index >= 15 is 0 Å². The first-order valence-corrected chi connectivity index (χ1v) is 9.50. The van der Waals surface area contributed by atoms with Gasteiger partial charge >= 0.3 is 11.9 Å². The number of fused-ring (bicyclic) bond motifs is 3. The molecule has 0 aliphatic carbocycles. The topological polar surface area (TPSA) is 113 Å². The molecule has 8 nitrogen and oxygen atoms in total. The maximum atomic E-state index is 11.8. The number of aromatic nitrogens is 2. The molecular formula is C21H21N3O5. The molecule has 2 unspecified atom stereocenters. The summed E-state index contributed by atoms with van der Waals surface area (Å²) in [4.78, 5) is 24.9. The predicted octanol–water partition coefficient (Wildman–Crippen LogP) is 2.08. The Morgan fingerprint density at radius 1 is 1.03 bits per heavy atom. The smallest absolute Gasteiger partial charge is 0.333 e. The molecule has 3 aliphatic rings. The Balaban J connectivity index is 1.60. The zero-order valence-electron chi connectivity index (χ0n) is 15.6. The van der Waals surface area contributed by atoms with Gasteiger partial charge in [0.05, 0.1) is 17.3 Å². The first-order chi connectivity index (χ1) is 14.0. The van der Waals surface area contributed by atoms with Gasteiger partial charge in [0, 0.05) is 23.6 Å². The van der Waals surface area contributed by atoms with Gasteiger partial charge in [-0.15, -0.1) is 10.2 Å². The summed E-state index contributed by atoms with van der Waals surface area (Å²) in [7, 11) is 0. The molecule has 1 aromatic carbocycles. The second-order valence-corrected chi connectivity index (χ2v) is 7.27. The molecule has 150 valence electrons. The van der Waals surface area contributed by atoms with Gasteiger partial charge in [-0.2, -0.15) is 0 Å². The minimum absolute atomic E-state index is 0.136. The number of ether oxygens (including phenoxy) is 1. The van der Waals surface area contributed by atoms with Crippen molar-refractivity contribution in [2.75, 3.05) is 13.1 Å². The highest BCUT2D eigenvalue weighted by Crippen LogP contribution is 2.37. The summed E-state index contributed by atoms with van der Waals surface area (Å²) in [5, 5.41) is 27.1. The lowest BCUT2D eigenvalue weighted by Gasteiger charge is -2.50. The molecule has 3 fully saturated rings. The molecule has 4 heterocycles. The number of carboxylic acid groups (broad SMARTS) is 2. The van der Waals surface area contributed by atoms with Crippen molar-refractivity contribution in [2.24, 2.45) is 5.92 Å². The molecule has 0 saturated carbocycles. The summed E-state index contributed by atoms with van der Waals surface area (Å²) in [6.07, 6.45) is 2.03. The minimum Gasteiger partial charge on any atom is -0.478 e. The van der Waals surface area contributed by atoms with Gasteiger partial charge in [0.25, 0.3) is 0 Å². The van der Waals surface area contributed by atoms with Crippen LogP contribution in [0.25, 0.3) is 11.3 Å². The zero-order valence-corrected chi connectivity index (χ0v) is 15.6. The number of aliphatic carboxylic acids is 2. The molecule has 29 heavy (non-hydrogen) atoms. The van der Waals surface area contributed by atoms with Gasteiger partial charge in [-0.25, -0.2) is 9.59 Å². The summed E-state index contributed by atoms with van der Waals surface area (Å²) < 4.78 is 6.09. The van der Waals surface area contributed by atoms with Crippen LogP contribution in [0.4, 0.5) is 0 Å². The quantitative estimate of drug-likeness (QED) is 0.715. The zero-order chi connectivity index (χ0) is 20.4. The molecule has 0 spiro atoms. The molecule has 2 N–H and O–H groups in total. The third kappa shape index (κ3) is 3.97. The van der Waals surface area contributed by atoms with E-state index in [0.717, 1.165) is 37.6 Å².